The minimum atomic E-state index is -3.50. The molecule has 1 fully saturated rings. The average Bonchev–Trinajstić information content (AvgIpc) is 2.81. The van der Waals surface area contributed by atoms with Crippen LogP contribution in [0.1, 0.15) is 26.2 Å². The van der Waals surface area contributed by atoms with E-state index in [0.29, 0.717) is 0 Å². The van der Waals surface area contributed by atoms with Crippen molar-refractivity contribution in [3.05, 3.63) is 0 Å². The van der Waals surface area contributed by atoms with E-state index in [1.165, 1.54) is 0 Å². The first kappa shape index (κ1) is 11.0. The predicted molar refractivity (Wildman–Crippen MR) is 51.4 cm³/mol. The Hall–Kier alpha value is -0.0900. The van der Waals surface area contributed by atoms with Gasteiger partial charge in [0.15, 0.2) is 15.6 Å². The normalized spacial score (nSPS) is 22.4. The molecule has 5 heteroatoms. The first-order valence-electron chi connectivity index (χ1n) is 4.25. The highest BCUT2D eigenvalue weighted by molar-refractivity contribution is 7.94. The molecule has 1 rings (SSSR count). The zero-order valence-corrected chi connectivity index (χ0v) is 9.28. The van der Waals surface area contributed by atoms with Crippen LogP contribution >= 0.6 is 11.6 Å². The van der Waals surface area contributed by atoms with Gasteiger partial charge in [0.25, 0.3) is 0 Å². The molecule has 0 bridgehead atoms. The number of Topliss-reactive ketones (excluding diaryl/α,β-unsaturated/α-hetero) is 1. The number of carbonyl (C=O) groups excluding carboxylic acids is 1. The van der Waals surface area contributed by atoms with Crippen LogP contribution in [0.4, 0.5) is 0 Å². The molecule has 0 aromatic heterocycles. The number of ketones is 1. The maximum absolute atomic E-state index is 11.6. The molecule has 76 valence electrons. The van der Waals surface area contributed by atoms with Crippen molar-refractivity contribution in [1.82, 2.24) is 0 Å². The largest absolute Gasteiger partial charge is 0.296 e. The molecule has 3 nitrogen and oxygen atoms in total. The van der Waals surface area contributed by atoms with E-state index in [9.17, 15) is 13.2 Å². The van der Waals surface area contributed by atoms with Crippen molar-refractivity contribution in [3.63, 3.8) is 0 Å². The highest BCUT2D eigenvalue weighted by Crippen LogP contribution is 2.40. The predicted octanol–water partition coefficient (Wildman–Crippen LogP) is 1.36. The molecular weight excluding hydrogens is 212 g/mol. The summed E-state index contributed by atoms with van der Waals surface area (Å²) in [5.74, 6) is -0.439. The maximum atomic E-state index is 11.6. The standard InChI is InChI=1S/C8H13ClO3S/c1-3-8(9,13(2,11)12)7(10)6-4-5-6/h6H,3-5H2,1-2H3/t8-/m1/s1. The third kappa shape index (κ3) is 1.89. The van der Waals surface area contributed by atoms with E-state index < -0.39 is 14.0 Å². The molecule has 0 amide bonds. The van der Waals surface area contributed by atoms with E-state index in [0.717, 1.165) is 19.1 Å². The maximum Gasteiger partial charge on any atom is 0.202 e. The van der Waals surface area contributed by atoms with Gasteiger partial charge in [0.05, 0.1) is 0 Å². The summed E-state index contributed by atoms with van der Waals surface area (Å²) >= 11 is 5.85. The summed E-state index contributed by atoms with van der Waals surface area (Å²) in [6.45, 7) is 1.62. The van der Waals surface area contributed by atoms with E-state index in [2.05, 4.69) is 0 Å². The number of hydrogen-bond donors (Lipinski definition) is 0. The molecule has 1 saturated carbocycles. The van der Waals surface area contributed by atoms with Crippen molar-refractivity contribution < 1.29 is 13.2 Å². The van der Waals surface area contributed by atoms with Crippen molar-refractivity contribution in [2.75, 3.05) is 6.26 Å². The lowest BCUT2D eigenvalue weighted by Crippen LogP contribution is -2.40. The van der Waals surface area contributed by atoms with E-state index in [4.69, 9.17) is 11.6 Å². The van der Waals surface area contributed by atoms with Crippen molar-refractivity contribution >= 4 is 27.2 Å². The number of hydrogen-bond acceptors (Lipinski definition) is 3. The Morgan fingerprint density at radius 2 is 2.00 bits per heavy atom. The van der Waals surface area contributed by atoms with Gasteiger partial charge in [-0.1, -0.05) is 18.5 Å². The molecule has 0 spiro atoms. The van der Waals surface area contributed by atoms with Gasteiger partial charge in [-0.15, -0.1) is 0 Å². The van der Waals surface area contributed by atoms with Crippen molar-refractivity contribution in [2.24, 2.45) is 5.92 Å². The van der Waals surface area contributed by atoms with Gasteiger partial charge in [-0.2, -0.15) is 0 Å². The quantitative estimate of drug-likeness (QED) is 0.678. The number of halogens is 1. The van der Waals surface area contributed by atoms with Crippen LogP contribution in [-0.4, -0.2) is 24.7 Å². The monoisotopic (exact) mass is 224 g/mol. The average molecular weight is 225 g/mol. The second-order valence-corrected chi connectivity index (χ2v) is 6.60. The third-order valence-corrected chi connectivity index (χ3v) is 5.32. The Balaban J connectivity index is 2.99. The smallest absolute Gasteiger partial charge is 0.202 e. The molecule has 0 radical (unpaired) electrons. The molecule has 1 aliphatic rings. The van der Waals surface area contributed by atoms with Gasteiger partial charge in [0, 0.05) is 12.2 Å². The van der Waals surface area contributed by atoms with Gasteiger partial charge in [-0.25, -0.2) is 8.42 Å². The van der Waals surface area contributed by atoms with Crippen molar-refractivity contribution in [1.29, 1.82) is 0 Å². The zero-order valence-electron chi connectivity index (χ0n) is 7.71. The molecule has 0 saturated heterocycles. The van der Waals surface area contributed by atoms with Gasteiger partial charge < -0.3 is 0 Å². The second kappa shape index (κ2) is 3.24. The highest BCUT2D eigenvalue weighted by atomic mass is 35.5. The summed E-state index contributed by atoms with van der Waals surface area (Å²) in [6, 6.07) is 0. The van der Waals surface area contributed by atoms with E-state index in [1.54, 1.807) is 6.92 Å². The van der Waals surface area contributed by atoms with Gasteiger partial charge in [-0.05, 0) is 19.3 Å². The van der Waals surface area contributed by atoms with Gasteiger partial charge in [0.1, 0.15) is 0 Å². The Kier molecular flexibility index (Phi) is 2.74. The van der Waals surface area contributed by atoms with Crippen LogP contribution in [0, 0.1) is 5.92 Å². The molecule has 0 N–H and O–H groups in total. The van der Waals surface area contributed by atoms with Crippen LogP contribution in [0.5, 0.6) is 0 Å². The first-order chi connectivity index (χ1) is 5.83. The zero-order chi connectivity index (χ0) is 10.3. The van der Waals surface area contributed by atoms with Crippen LogP contribution in [0.3, 0.4) is 0 Å². The number of rotatable bonds is 4. The Morgan fingerprint density at radius 3 is 2.23 bits per heavy atom. The Morgan fingerprint density at radius 1 is 1.54 bits per heavy atom. The number of alkyl halides is 1. The van der Waals surface area contributed by atoms with E-state index in [1.807, 2.05) is 0 Å². The van der Waals surface area contributed by atoms with Crippen LogP contribution in [0.2, 0.25) is 0 Å². The first-order valence-corrected chi connectivity index (χ1v) is 6.52. The fraction of sp³-hybridized carbons (Fsp3) is 0.875. The van der Waals surface area contributed by atoms with Crippen LogP contribution < -0.4 is 0 Å². The summed E-state index contributed by atoms with van der Waals surface area (Å²) in [5.41, 5.74) is 0. The summed E-state index contributed by atoms with van der Waals surface area (Å²) in [5, 5.41) is 0. The number of sulfone groups is 1. The van der Waals surface area contributed by atoms with Gasteiger partial charge in [-0.3, -0.25) is 4.79 Å². The Labute approximate surface area is 83.4 Å². The molecule has 0 heterocycles. The van der Waals surface area contributed by atoms with Crippen molar-refractivity contribution in [3.8, 4) is 0 Å². The second-order valence-electron chi connectivity index (χ2n) is 3.49. The van der Waals surface area contributed by atoms with Crippen LogP contribution in [0.25, 0.3) is 0 Å². The lowest BCUT2D eigenvalue weighted by Gasteiger charge is -2.21. The summed E-state index contributed by atoms with van der Waals surface area (Å²) in [7, 11) is -3.50. The molecule has 1 atom stereocenters. The number of carbonyl (C=O) groups is 1. The molecule has 13 heavy (non-hydrogen) atoms. The summed E-state index contributed by atoms with van der Waals surface area (Å²) < 4.78 is 20.9. The molecule has 0 unspecified atom stereocenters. The fourth-order valence-corrected chi connectivity index (χ4v) is 2.48. The molecule has 0 aromatic rings. The van der Waals surface area contributed by atoms with Gasteiger partial charge >= 0.3 is 0 Å². The Bertz CT molecular complexity index is 318. The third-order valence-electron chi connectivity index (χ3n) is 2.36. The minimum absolute atomic E-state index is 0.118. The fourth-order valence-electron chi connectivity index (χ4n) is 1.27. The summed E-state index contributed by atoms with van der Waals surface area (Å²) in [6.07, 6.45) is 2.72. The minimum Gasteiger partial charge on any atom is -0.296 e. The lowest BCUT2D eigenvalue weighted by molar-refractivity contribution is -0.120. The highest BCUT2D eigenvalue weighted by Gasteiger charge is 2.50. The molecule has 0 aliphatic heterocycles. The van der Waals surface area contributed by atoms with E-state index >= 15 is 0 Å². The SMILES string of the molecule is CC[C@](Cl)(C(=O)C1CC1)S(C)(=O)=O. The molecule has 1 aliphatic carbocycles. The molecular formula is C8H13ClO3S. The molecule has 0 aromatic carbocycles. The summed E-state index contributed by atoms with van der Waals surface area (Å²) in [4.78, 5) is 11.6. The lowest BCUT2D eigenvalue weighted by atomic mass is 10.1. The van der Waals surface area contributed by atoms with E-state index in [-0.39, 0.29) is 18.1 Å². The van der Waals surface area contributed by atoms with Gasteiger partial charge in [0.2, 0.25) is 4.21 Å². The van der Waals surface area contributed by atoms with Crippen molar-refractivity contribution in [2.45, 2.75) is 30.4 Å². The van der Waals surface area contributed by atoms with Crippen LogP contribution in [0.15, 0.2) is 0 Å². The topological polar surface area (TPSA) is 51.2 Å². The van der Waals surface area contributed by atoms with Crippen LogP contribution in [-0.2, 0) is 14.6 Å².